The van der Waals surface area contributed by atoms with Crippen molar-refractivity contribution in [1.82, 2.24) is 10.2 Å². The molecule has 102 valence electrons. The Labute approximate surface area is 123 Å². The summed E-state index contributed by atoms with van der Waals surface area (Å²) in [5, 5.41) is 29.5. The third kappa shape index (κ3) is 2.52. The van der Waals surface area contributed by atoms with Crippen LogP contribution in [0.4, 0.5) is 10.8 Å². The number of hydrogen-bond acceptors (Lipinski definition) is 8. The van der Waals surface area contributed by atoms with Gasteiger partial charge in [0.25, 0.3) is 11.0 Å². The maximum absolute atomic E-state index is 12.3. The molecule has 1 atom stereocenters. The minimum atomic E-state index is -1.04. The second-order valence-electron chi connectivity index (χ2n) is 3.92. The van der Waals surface area contributed by atoms with Crippen LogP contribution in [0.1, 0.15) is 0 Å². The molecule has 21 heavy (non-hydrogen) atoms. The normalized spacial score (nSPS) is 18.0. The van der Waals surface area contributed by atoms with E-state index in [2.05, 4.69) is 25.5 Å². The average Bonchev–Trinajstić information content (AvgIpc) is 3.14. The van der Waals surface area contributed by atoms with E-state index in [1.165, 1.54) is 16.8 Å². The number of hydrogen-bond donors (Lipinski definition) is 0. The number of nitrogens with zero attached hydrogens (tertiary/aromatic N) is 7. The van der Waals surface area contributed by atoms with Crippen molar-refractivity contribution in [3.63, 3.8) is 0 Å². The maximum atomic E-state index is 12.3. The molecular weight excluding hydrogens is 290 g/mol. The number of benzene rings is 1. The highest BCUT2D eigenvalue weighted by Crippen LogP contribution is 2.23. The predicted molar refractivity (Wildman–Crippen MR) is 75.2 cm³/mol. The molecule has 1 aliphatic heterocycles. The van der Waals surface area contributed by atoms with Crippen LogP contribution in [0.2, 0.25) is 0 Å². The molecular formula is C12H7N7OS. The van der Waals surface area contributed by atoms with Gasteiger partial charge in [-0.1, -0.05) is 29.5 Å². The monoisotopic (exact) mass is 297 g/mol. The predicted octanol–water partition coefficient (Wildman–Crippen LogP) is 1.92. The maximum Gasteiger partial charge on any atom is 0.281 e. The van der Waals surface area contributed by atoms with Crippen LogP contribution in [0, 0.1) is 11.3 Å². The molecule has 3 rings (SSSR count). The first-order valence-corrected chi connectivity index (χ1v) is 6.72. The van der Waals surface area contributed by atoms with Crippen molar-refractivity contribution >= 4 is 33.8 Å². The van der Waals surface area contributed by atoms with Gasteiger partial charge in [-0.05, 0) is 12.1 Å². The number of amides is 1. The molecule has 0 bridgehead atoms. The number of rotatable bonds is 3. The van der Waals surface area contributed by atoms with Crippen molar-refractivity contribution in [3.05, 3.63) is 35.8 Å². The molecule has 1 aliphatic rings. The molecule has 0 radical (unpaired) electrons. The topological polar surface area (TPSA) is 107 Å². The highest BCUT2D eigenvalue weighted by molar-refractivity contribution is 7.13. The molecule has 0 saturated heterocycles. The van der Waals surface area contributed by atoms with Gasteiger partial charge in [-0.3, -0.25) is 4.79 Å². The first kappa shape index (κ1) is 13.0. The van der Waals surface area contributed by atoms with Gasteiger partial charge in [0.05, 0.1) is 5.69 Å². The third-order valence-corrected chi connectivity index (χ3v) is 3.21. The summed E-state index contributed by atoms with van der Waals surface area (Å²) in [7, 11) is 0. The number of nitriles is 1. The van der Waals surface area contributed by atoms with E-state index in [0.717, 1.165) is 5.01 Å². The minimum Gasteiger partial charge on any atom is -0.269 e. The van der Waals surface area contributed by atoms with Gasteiger partial charge >= 0.3 is 0 Å². The lowest BCUT2D eigenvalue weighted by atomic mass is 10.2. The Kier molecular flexibility index (Phi) is 3.44. The van der Waals surface area contributed by atoms with E-state index in [-0.39, 0.29) is 5.71 Å². The fraction of sp³-hybridized carbons (Fsp3) is 0.0833. The van der Waals surface area contributed by atoms with E-state index >= 15 is 0 Å². The molecule has 9 heteroatoms. The van der Waals surface area contributed by atoms with E-state index in [0.29, 0.717) is 10.8 Å². The number of anilines is 1. The van der Waals surface area contributed by atoms with Gasteiger partial charge < -0.3 is 0 Å². The molecule has 8 nitrogen and oxygen atoms in total. The lowest BCUT2D eigenvalue weighted by Gasteiger charge is -2.11. The summed E-state index contributed by atoms with van der Waals surface area (Å²) >= 11 is 1.18. The van der Waals surface area contributed by atoms with Crippen molar-refractivity contribution in [3.8, 4) is 6.07 Å². The lowest BCUT2D eigenvalue weighted by Crippen LogP contribution is -2.30. The highest BCUT2D eigenvalue weighted by Gasteiger charge is 2.37. The van der Waals surface area contributed by atoms with Gasteiger partial charge in [-0.25, -0.2) is 0 Å². The van der Waals surface area contributed by atoms with Crippen molar-refractivity contribution in [2.24, 2.45) is 15.3 Å². The average molecular weight is 297 g/mol. The highest BCUT2D eigenvalue weighted by atomic mass is 32.1. The minimum absolute atomic E-state index is 0.00267. The summed E-state index contributed by atoms with van der Waals surface area (Å²) in [6.45, 7) is 0. The van der Waals surface area contributed by atoms with Gasteiger partial charge in [-0.15, -0.1) is 15.3 Å². The van der Waals surface area contributed by atoms with Crippen molar-refractivity contribution < 1.29 is 4.79 Å². The van der Waals surface area contributed by atoms with Crippen LogP contribution in [0.3, 0.4) is 0 Å². The largest absolute Gasteiger partial charge is 0.281 e. The SMILES string of the molecule is N#CC1=NN(c2ccccc2)C(=O)C1/N=N/c1nncs1. The smallest absolute Gasteiger partial charge is 0.269 e. The summed E-state index contributed by atoms with van der Waals surface area (Å²) < 4.78 is 0. The summed E-state index contributed by atoms with van der Waals surface area (Å²) in [5.74, 6) is -0.425. The molecule has 2 aromatic rings. The summed E-state index contributed by atoms with van der Waals surface area (Å²) in [4.78, 5) is 12.3. The molecule has 0 aliphatic carbocycles. The van der Waals surface area contributed by atoms with Crippen molar-refractivity contribution in [2.75, 3.05) is 5.01 Å². The van der Waals surface area contributed by atoms with E-state index < -0.39 is 11.9 Å². The molecule has 0 fully saturated rings. The Bertz CT molecular complexity index is 748. The van der Waals surface area contributed by atoms with Crippen molar-refractivity contribution in [2.45, 2.75) is 6.04 Å². The zero-order valence-corrected chi connectivity index (χ0v) is 11.3. The summed E-state index contributed by atoms with van der Waals surface area (Å²) in [5.41, 5.74) is 2.07. The molecule has 1 aromatic carbocycles. The number of azo groups is 1. The quantitative estimate of drug-likeness (QED) is 0.806. The second-order valence-corrected chi connectivity index (χ2v) is 4.73. The fourth-order valence-electron chi connectivity index (χ4n) is 1.70. The molecule has 0 N–H and O–H groups in total. The molecule has 0 saturated carbocycles. The Balaban J connectivity index is 1.88. The molecule has 1 unspecified atom stereocenters. The van der Waals surface area contributed by atoms with Crippen molar-refractivity contribution in [1.29, 1.82) is 5.26 Å². The molecule has 0 spiro atoms. The number of aromatic nitrogens is 2. The molecule has 2 heterocycles. The number of para-hydroxylation sites is 1. The van der Waals surface area contributed by atoms with Crippen LogP contribution < -0.4 is 5.01 Å². The second kappa shape index (κ2) is 5.56. The van der Waals surface area contributed by atoms with Gasteiger partial charge in [0, 0.05) is 0 Å². The fourth-order valence-corrected chi connectivity index (χ4v) is 2.08. The summed E-state index contributed by atoms with van der Waals surface area (Å²) in [6.07, 6.45) is 0. The number of carbonyl (C=O) groups is 1. The Hall–Kier alpha value is -2.99. The van der Waals surface area contributed by atoms with Gasteiger partial charge in [0.1, 0.15) is 11.6 Å². The van der Waals surface area contributed by atoms with Gasteiger partial charge in [0.2, 0.25) is 6.04 Å². The summed E-state index contributed by atoms with van der Waals surface area (Å²) in [6, 6.07) is 9.66. The third-order valence-electron chi connectivity index (χ3n) is 2.63. The Morgan fingerprint density at radius 2 is 2.14 bits per heavy atom. The first-order chi connectivity index (χ1) is 10.3. The zero-order chi connectivity index (χ0) is 14.7. The Morgan fingerprint density at radius 1 is 1.33 bits per heavy atom. The zero-order valence-electron chi connectivity index (χ0n) is 10.5. The van der Waals surface area contributed by atoms with Crippen LogP contribution in [0.5, 0.6) is 0 Å². The lowest BCUT2D eigenvalue weighted by molar-refractivity contribution is -0.117. The van der Waals surface area contributed by atoms with Crippen LogP contribution in [0.25, 0.3) is 0 Å². The van der Waals surface area contributed by atoms with Crippen LogP contribution in [0.15, 0.2) is 51.2 Å². The first-order valence-electron chi connectivity index (χ1n) is 5.84. The van der Waals surface area contributed by atoms with E-state index in [4.69, 9.17) is 5.26 Å². The van der Waals surface area contributed by atoms with E-state index in [1.54, 1.807) is 24.3 Å². The van der Waals surface area contributed by atoms with E-state index in [1.807, 2.05) is 12.1 Å². The number of carbonyl (C=O) groups excluding carboxylic acids is 1. The number of hydrazone groups is 1. The van der Waals surface area contributed by atoms with Crippen LogP contribution in [-0.2, 0) is 4.79 Å². The molecule has 1 aromatic heterocycles. The Morgan fingerprint density at radius 3 is 2.81 bits per heavy atom. The van der Waals surface area contributed by atoms with Gasteiger partial charge in [-0.2, -0.15) is 20.5 Å². The van der Waals surface area contributed by atoms with Crippen LogP contribution in [-0.4, -0.2) is 27.9 Å². The van der Waals surface area contributed by atoms with Gasteiger partial charge in [0.15, 0.2) is 5.71 Å². The van der Waals surface area contributed by atoms with E-state index in [9.17, 15) is 4.79 Å². The van der Waals surface area contributed by atoms with Crippen LogP contribution >= 0.6 is 11.3 Å². The molecule has 1 amide bonds. The standard InChI is InChI=1S/C12H7N7OS/c13-6-9-10(15-17-12-16-14-7-21-12)11(20)19(18-9)8-4-2-1-3-5-8/h1-5,7,10H/b17-15+.